The minimum atomic E-state index is -0.737. The Labute approximate surface area is 123 Å². The van der Waals surface area contributed by atoms with Crippen LogP contribution in [0.15, 0.2) is 30.6 Å². The first-order valence-corrected chi connectivity index (χ1v) is 6.15. The van der Waals surface area contributed by atoms with Crippen LogP contribution in [-0.2, 0) is 0 Å². The first-order chi connectivity index (χ1) is 9.52. The monoisotopic (exact) mass is 314 g/mol. The zero-order valence-electron chi connectivity index (χ0n) is 9.95. The summed E-state index contributed by atoms with van der Waals surface area (Å²) in [6.07, 6.45) is 2.85. The molecule has 0 spiro atoms. The number of aromatic nitrogens is 1. The molecule has 0 fully saturated rings. The number of carbonyl (C=O) groups excluding carboxylic acids is 1. The number of nitrogens with one attached hydrogen (secondary N) is 2. The number of nitrogens with zero attached hydrogens (tertiary/aromatic N) is 1. The van der Waals surface area contributed by atoms with Crippen LogP contribution in [0.5, 0.6) is 0 Å². The number of halogens is 3. The summed E-state index contributed by atoms with van der Waals surface area (Å²) in [6, 6.07) is 4.01. The Kier molecular flexibility index (Phi) is 4.39. The van der Waals surface area contributed by atoms with Gasteiger partial charge in [-0.1, -0.05) is 23.2 Å². The highest BCUT2D eigenvalue weighted by Crippen LogP contribution is 2.27. The van der Waals surface area contributed by atoms with E-state index >= 15 is 0 Å². The summed E-state index contributed by atoms with van der Waals surface area (Å²) < 4.78 is 13.3. The van der Waals surface area contributed by atoms with E-state index in [9.17, 15) is 9.18 Å². The Balaban J connectivity index is 2.28. The third-order valence-electron chi connectivity index (χ3n) is 2.46. The third-order valence-corrected chi connectivity index (χ3v) is 3.01. The summed E-state index contributed by atoms with van der Waals surface area (Å²) in [5.41, 5.74) is 3.26. The third kappa shape index (κ3) is 2.98. The van der Waals surface area contributed by atoms with Crippen LogP contribution in [0.1, 0.15) is 10.4 Å². The molecular weight excluding hydrogens is 306 g/mol. The summed E-state index contributed by atoms with van der Waals surface area (Å²) in [4.78, 5) is 15.9. The average molecular weight is 315 g/mol. The standard InChI is InChI=1S/C12H9Cl2FN4O/c13-8-3-6(4-9(14)11(8)15)18-12(20)7-1-2-17-5-10(7)19-16/h1-5,19H,16H2,(H,18,20). The molecule has 1 amide bonds. The minimum absolute atomic E-state index is 0.181. The van der Waals surface area contributed by atoms with Crippen molar-refractivity contribution in [2.24, 2.45) is 5.84 Å². The maximum Gasteiger partial charge on any atom is 0.257 e. The molecule has 2 aromatic rings. The van der Waals surface area contributed by atoms with Gasteiger partial charge < -0.3 is 10.7 Å². The van der Waals surface area contributed by atoms with Gasteiger partial charge in [-0.2, -0.15) is 0 Å². The molecule has 1 aromatic heterocycles. The van der Waals surface area contributed by atoms with E-state index in [0.29, 0.717) is 5.69 Å². The number of carbonyl (C=O) groups is 1. The Morgan fingerprint density at radius 1 is 1.30 bits per heavy atom. The molecule has 0 saturated carbocycles. The second-order valence-corrected chi connectivity index (χ2v) is 4.59. The Morgan fingerprint density at radius 2 is 1.95 bits per heavy atom. The first-order valence-electron chi connectivity index (χ1n) is 5.39. The van der Waals surface area contributed by atoms with Crippen molar-refractivity contribution in [1.29, 1.82) is 0 Å². The quantitative estimate of drug-likeness (QED) is 0.462. The number of hydrogen-bond acceptors (Lipinski definition) is 4. The first kappa shape index (κ1) is 14.5. The molecule has 20 heavy (non-hydrogen) atoms. The maximum absolute atomic E-state index is 13.3. The molecule has 1 heterocycles. The molecule has 104 valence electrons. The normalized spacial score (nSPS) is 10.2. The van der Waals surface area contributed by atoms with Gasteiger partial charge in [-0.25, -0.2) is 4.39 Å². The van der Waals surface area contributed by atoms with Gasteiger partial charge in [0.15, 0.2) is 5.82 Å². The van der Waals surface area contributed by atoms with Crippen LogP contribution >= 0.6 is 23.2 Å². The van der Waals surface area contributed by atoms with Crippen molar-refractivity contribution in [3.8, 4) is 0 Å². The summed E-state index contributed by atoms with van der Waals surface area (Å²) in [6.45, 7) is 0. The highest BCUT2D eigenvalue weighted by molar-refractivity contribution is 6.35. The zero-order valence-corrected chi connectivity index (χ0v) is 11.5. The number of pyridine rings is 1. The van der Waals surface area contributed by atoms with Gasteiger partial charge in [0.1, 0.15) is 0 Å². The zero-order chi connectivity index (χ0) is 14.7. The van der Waals surface area contributed by atoms with Crippen molar-refractivity contribution >= 4 is 40.5 Å². The highest BCUT2D eigenvalue weighted by Gasteiger charge is 2.13. The second-order valence-electron chi connectivity index (χ2n) is 3.77. The topological polar surface area (TPSA) is 80.0 Å². The van der Waals surface area contributed by atoms with Crippen LogP contribution in [-0.4, -0.2) is 10.9 Å². The van der Waals surface area contributed by atoms with E-state index in [-0.39, 0.29) is 21.3 Å². The van der Waals surface area contributed by atoms with E-state index in [1.165, 1.54) is 30.6 Å². The summed E-state index contributed by atoms with van der Waals surface area (Å²) >= 11 is 11.3. The smallest absolute Gasteiger partial charge is 0.257 e. The van der Waals surface area contributed by atoms with Crippen LogP contribution in [0.3, 0.4) is 0 Å². The number of hydrogen-bond donors (Lipinski definition) is 3. The largest absolute Gasteiger partial charge is 0.322 e. The number of amides is 1. The van der Waals surface area contributed by atoms with Crippen molar-refractivity contribution in [3.63, 3.8) is 0 Å². The van der Waals surface area contributed by atoms with Gasteiger partial charge in [0.25, 0.3) is 5.91 Å². The number of hydrazine groups is 1. The molecule has 0 saturated heterocycles. The average Bonchev–Trinajstić information content (AvgIpc) is 2.44. The fraction of sp³-hybridized carbons (Fsp3) is 0. The van der Waals surface area contributed by atoms with E-state index in [0.717, 1.165) is 0 Å². The SMILES string of the molecule is NNc1cnccc1C(=O)Nc1cc(Cl)c(F)c(Cl)c1. The Hall–Kier alpha value is -1.89. The molecule has 1 aromatic carbocycles. The number of anilines is 2. The van der Waals surface area contributed by atoms with Gasteiger partial charge in [-0.15, -0.1) is 0 Å². The van der Waals surface area contributed by atoms with Crippen molar-refractivity contribution in [1.82, 2.24) is 4.98 Å². The van der Waals surface area contributed by atoms with Gasteiger partial charge in [0.2, 0.25) is 0 Å². The predicted molar refractivity (Wildman–Crippen MR) is 76.4 cm³/mol. The fourth-order valence-electron chi connectivity index (χ4n) is 1.53. The molecule has 0 aliphatic carbocycles. The molecule has 0 aliphatic heterocycles. The van der Waals surface area contributed by atoms with Gasteiger partial charge in [0, 0.05) is 11.9 Å². The number of nitrogen functional groups attached to an aromatic ring is 1. The van der Waals surface area contributed by atoms with Crippen molar-refractivity contribution in [2.45, 2.75) is 0 Å². The lowest BCUT2D eigenvalue weighted by atomic mass is 10.2. The number of benzene rings is 1. The second kappa shape index (κ2) is 6.04. The lowest BCUT2D eigenvalue weighted by molar-refractivity contribution is 0.102. The molecule has 2 rings (SSSR count). The van der Waals surface area contributed by atoms with Crippen molar-refractivity contribution in [3.05, 3.63) is 52.0 Å². The molecule has 8 heteroatoms. The van der Waals surface area contributed by atoms with Crippen LogP contribution in [0.25, 0.3) is 0 Å². The Bertz CT molecular complexity index is 643. The van der Waals surface area contributed by atoms with E-state index in [1.807, 2.05) is 0 Å². The number of rotatable bonds is 3. The summed E-state index contributed by atoms with van der Waals surface area (Å²) in [7, 11) is 0. The van der Waals surface area contributed by atoms with Crippen molar-refractivity contribution in [2.75, 3.05) is 10.7 Å². The molecule has 5 nitrogen and oxygen atoms in total. The van der Waals surface area contributed by atoms with Crippen LogP contribution in [0.4, 0.5) is 15.8 Å². The van der Waals surface area contributed by atoms with E-state index < -0.39 is 11.7 Å². The van der Waals surface area contributed by atoms with Crippen LogP contribution in [0.2, 0.25) is 10.0 Å². The molecule has 0 aliphatic rings. The van der Waals surface area contributed by atoms with Crippen molar-refractivity contribution < 1.29 is 9.18 Å². The molecule has 0 radical (unpaired) electrons. The van der Waals surface area contributed by atoms with Crippen LogP contribution < -0.4 is 16.6 Å². The van der Waals surface area contributed by atoms with E-state index in [2.05, 4.69) is 15.7 Å². The molecular formula is C12H9Cl2FN4O. The highest BCUT2D eigenvalue weighted by atomic mass is 35.5. The van der Waals surface area contributed by atoms with Gasteiger partial charge in [-0.3, -0.25) is 15.6 Å². The molecule has 0 bridgehead atoms. The maximum atomic E-state index is 13.3. The van der Waals surface area contributed by atoms with Gasteiger partial charge in [0.05, 0.1) is 27.5 Å². The molecule has 0 unspecified atom stereocenters. The van der Waals surface area contributed by atoms with Gasteiger partial charge in [-0.05, 0) is 18.2 Å². The predicted octanol–water partition coefficient (Wildman–Crippen LogP) is 3.07. The van der Waals surface area contributed by atoms with Gasteiger partial charge >= 0.3 is 0 Å². The fourth-order valence-corrected chi connectivity index (χ4v) is 2.02. The summed E-state index contributed by atoms with van der Waals surface area (Å²) in [5.74, 6) is 4.09. The lowest BCUT2D eigenvalue weighted by Crippen LogP contribution is -2.17. The molecule has 4 N–H and O–H groups in total. The lowest BCUT2D eigenvalue weighted by Gasteiger charge is -2.10. The Morgan fingerprint density at radius 3 is 2.55 bits per heavy atom. The van der Waals surface area contributed by atoms with E-state index in [1.54, 1.807) is 0 Å². The van der Waals surface area contributed by atoms with Crippen LogP contribution in [0, 0.1) is 5.82 Å². The summed E-state index contributed by atoms with van der Waals surface area (Å²) in [5, 5.41) is 2.18. The van der Waals surface area contributed by atoms with E-state index in [4.69, 9.17) is 29.0 Å². The number of nitrogens with two attached hydrogens (primary N) is 1. The molecule has 0 atom stereocenters. The minimum Gasteiger partial charge on any atom is -0.322 e.